The highest BCUT2D eigenvalue weighted by Gasteiger charge is 2.58. The first-order valence-electron chi connectivity index (χ1n) is 11.4. The van der Waals surface area contributed by atoms with Crippen LogP contribution < -0.4 is 0 Å². The highest BCUT2D eigenvalue weighted by atomic mass is 19.3. The van der Waals surface area contributed by atoms with Crippen LogP contribution in [-0.4, -0.2) is 66.8 Å². The van der Waals surface area contributed by atoms with Crippen LogP contribution in [0.5, 0.6) is 0 Å². The lowest BCUT2D eigenvalue weighted by Gasteiger charge is -2.46. The Morgan fingerprint density at radius 1 is 1.15 bits per heavy atom. The van der Waals surface area contributed by atoms with Gasteiger partial charge in [0.2, 0.25) is 12.2 Å². The number of likely N-dealkylation sites (tertiary alicyclic amines) is 1. The molecule has 1 amide bonds. The molecule has 3 aliphatic rings. The number of carbonyl (C=O) groups excluding carboxylic acids is 1. The van der Waals surface area contributed by atoms with Gasteiger partial charge in [-0.25, -0.2) is 18.7 Å². The van der Waals surface area contributed by atoms with Crippen molar-refractivity contribution in [2.24, 2.45) is 0 Å². The molecule has 3 aromatic rings. The standard InChI is InChI=1S/C24H25F2N5O2/c25-24(26)9-18(24)17-10-27-23-28-19(13-31(23)12-17)21-22(33)20(6-8-30(21)14-32)29-7-5-15-3-1-2-4-16(15)11-29/h1-4,10,12-14,18,20-22,33H,5-9,11H2/t18?,20-,21?,22-/m0/s1. The quantitative estimate of drug-likeness (QED) is 0.615. The second kappa shape index (κ2) is 7.56. The van der Waals surface area contributed by atoms with Crippen molar-refractivity contribution < 1.29 is 18.7 Å². The predicted octanol–water partition coefficient (Wildman–Crippen LogP) is 2.54. The van der Waals surface area contributed by atoms with Gasteiger partial charge in [0.15, 0.2) is 0 Å². The van der Waals surface area contributed by atoms with Gasteiger partial charge in [-0.2, -0.15) is 0 Å². The number of fused-ring (bicyclic) bond motifs is 2. The molecule has 4 heterocycles. The minimum absolute atomic E-state index is 0.113. The number of aliphatic hydroxyl groups is 1. The fourth-order valence-corrected chi connectivity index (χ4v) is 5.48. The Morgan fingerprint density at radius 3 is 2.70 bits per heavy atom. The lowest BCUT2D eigenvalue weighted by Crippen LogP contribution is -2.56. The summed E-state index contributed by atoms with van der Waals surface area (Å²) >= 11 is 0. The van der Waals surface area contributed by atoms with Crippen LogP contribution in [0.4, 0.5) is 8.78 Å². The largest absolute Gasteiger partial charge is 0.389 e. The van der Waals surface area contributed by atoms with Crippen molar-refractivity contribution in [2.75, 3.05) is 13.1 Å². The highest BCUT2D eigenvalue weighted by molar-refractivity contribution is 5.50. The molecule has 7 nitrogen and oxygen atoms in total. The van der Waals surface area contributed by atoms with Gasteiger partial charge < -0.3 is 10.0 Å². The summed E-state index contributed by atoms with van der Waals surface area (Å²) in [6.45, 7) is 2.12. The number of hydrogen-bond donors (Lipinski definition) is 1. The normalized spacial score (nSPS) is 29.1. The van der Waals surface area contributed by atoms with Crippen LogP contribution in [0, 0.1) is 0 Å². The summed E-state index contributed by atoms with van der Waals surface area (Å²) in [6, 6.07) is 7.63. The zero-order chi connectivity index (χ0) is 22.7. The summed E-state index contributed by atoms with van der Waals surface area (Å²) < 4.78 is 28.6. The Kier molecular flexibility index (Phi) is 4.74. The van der Waals surface area contributed by atoms with E-state index >= 15 is 0 Å². The zero-order valence-corrected chi connectivity index (χ0v) is 18.0. The van der Waals surface area contributed by atoms with E-state index in [4.69, 9.17) is 0 Å². The Hall–Kier alpha value is -2.91. The number of benzene rings is 1. The minimum atomic E-state index is -2.67. The van der Waals surface area contributed by atoms with E-state index in [9.17, 15) is 18.7 Å². The Morgan fingerprint density at radius 2 is 1.94 bits per heavy atom. The number of hydrogen-bond acceptors (Lipinski definition) is 5. The second-order valence-corrected chi connectivity index (χ2v) is 9.40. The number of imidazole rings is 1. The molecule has 4 atom stereocenters. The van der Waals surface area contributed by atoms with E-state index in [1.165, 1.54) is 17.3 Å². The summed E-state index contributed by atoms with van der Waals surface area (Å²) in [7, 11) is 0. The van der Waals surface area contributed by atoms with Crippen LogP contribution in [0.2, 0.25) is 0 Å². The van der Waals surface area contributed by atoms with Gasteiger partial charge in [0, 0.05) is 50.7 Å². The molecule has 1 aliphatic carbocycles. The van der Waals surface area contributed by atoms with Crippen LogP contribution in [-0.2, 0) is 17.8 Å². The predicted molar refractivity (Wildman–Crippen MR) is 116 cm³/mol. The minimum Gasteiger partial charge on any atom is -0.389 e. The fourth-order valence-electron chi connectivity index (χ4n) is 5.48. The van der Waals surface area contributed by atoms with Crippen molar-refractivity contribution in [3.63, 3.8) is 0 Å². The number of alkyl halides is 2. The number of carbonyl (C=O) groups is 1. The van der Waals surface area contributed by atoms with E-state index in [-0.39, 0.29) is 12.5 Å². The molecule has 2 aliphatic heterocycles. The van der Waals surface area contributed by atoms with E-state index in [2.05, 4.69) is 33.1 Å². The van der Waals surface area contributed by atoms with Crippen molar-refractivity contribution in [3.8, 4) is 0 Å². The number of nitrogens with zero attached hydrogens (tertiary/aromatic N) is 5. The van der Waals surface area contributed by atoms with Crippen molar-refractivity contribution >= 4 is 12.2 Å². The summed E-state index contributed by atoms with van der Waals surface area (Å²) in [5.41, 5.74) is 3.60. The first kappa shape index (κ1) is 20.7. The maximum absolute atomic E-state index is 13.5. The van der Waals surface area contributed by atoms with Crippen LogP contribution in [0.25, 0.3) is 5.78 Å². The summed E-state index contributed by atoms with van der Waals surface area (Å²) in [4.78, 5) is 24.5. The third-order valence-corrected chi connectivity index (χ3v) is 7.40. The highest BCUT2D eigenvalue weighted by Crippen LogP contribution is 2.55. The molecule has 9 heteroatoms. The third-order valence-electron chi connectivity index (χ3n) is 7.40. The lowest BCUT2D eigenvalue weighted by atomic mass is 9.89. The molecule has 1 saturated carbocycles. The molecule has 0 spiro atoms. The van der Waals surface area contributed by atoms with Gasteiger partial charge >= 0.3 is 0 Å². The van der Waals surface area contributed by atoms with Gasteiger partial charge in [0.25, 0.3) is 5.92 Å². The van der Waals surface area contributed by atoms with Gasteiger partial charge in [0.05, 0.1) is 17.7 Å². The molecule has 6 rings (SSSR count). The maximum atomic E-state index is 13.5. The van der Waals surface area contributed by atoms with Gasteiger partial charge in [0.1, 0.15) is 6.04 Å². The molecule has 2 fully saturated rings. The smallest absolute Gasteiger partial charge is 0.256 e. The van der Waals surface area contributed by atoms with Crippen molar-refractivity contribution in [3.05, 3.63) is 65.2 Å². The Balaban J connectivity index is 1.29. The molecule has 2 unspecified atom stereocenters. The molecule has 1 aromatic carbocycles. The third kappa shape index (κ3) is 3.50. The number of halogens is 2. The molecule has 33 heavy (non-hydrogen) atoms. The fraction of sp³-hybridized carbons (Fsp3) is 0.458. The Labute approximate surface area is 189 Å². The lowest BCUT2D eigenvalue weighted by molar-refractivity contribution is -0.130. The van der Waals surface area contributed by atoms with E-state index in [0.717, 1.165) is 25.9 Å². The summed E-state index contributed by atoms with van der Waals surface area (Å²) in [5.74, 6) is -3.12. The molecular weight excluding hydrogens is 428 g/mol. The topological polar surface area (TPSA) is 74.0 Å². The van der Waals surface area contributed by atoms with E-state index in [0.29, 0.717) is 30.0 Å². The average Bonchev–Trinajstić information content (AvgIpc) is 3.26. The Bertz CT molecular complexity index is 1210. The second-order valence-electron chi connectivity index (χ2n) is 9.40. The van der Waals surface area contributed by atoms with E-state index in [1.807, 2.05) is 6.07 Å². The molecule has 0 radical (unpaired) electrons. The first-order valence-corrected chi connectivity index (χ1v) is 11.4. The molecule has 0 bridgehead atoms. The van der Waals surface area contributed by atoms with Crippen molar-refractivity contribution in [1.29, 1.82) is 0 Å². The molecule has 1 saturated heterocycles. The molecular formula is C24H25F2N5O2. The van der Waals surface area contributed by atoms with Crippen LogP contribution in [0.1, 0.15) is 47.2 Å². The molecule has 1 N–H and O–H groups in total. The van der Waals surface area contributed by atoms with E-state index in [1.54, 1.807) is 21.7 Å². The molecule has 172 valence electrons. The summed E-state index contributed by atoms with van der Waals surface area (Å²) in [5, 5.41) is 11.4. The van der Waals surface area contributed by atoms with Gasteiger partial charge in [-0.05, 0) is 29.5 Å². The number of aliphatic hydroxyl groups excluding tert-OH is 1. The first-order chi connectivity index (χ1) is 15.9. The van der Waals surface area contributed by atoms with Crippen LogP contribution in [0.15, 0.2) is 42.9 Å². The monoisotopic (exact) mass is 453 g/mol. The van der Waals surface area contributed by atoms with E-state index < -0.39 is 24.0 Å². The maximum Gasteiger partial charge on any atom is 0.256 e. The van der Waals surface area contributed by atoms with Crippen LogP contribution >= 0.6 is 0 Å². The molecule has 2 aromatic heterocycles. The number of piperidine rings is 1. The number of amides is 1. The van der Waals surface area contributed by atoms with Crippen molar-refractivity contribution in [1.82, 2.24) is 24.2 Å². The van der Waals surface area contributed by atoms with Crippen LogP contribution in [0.3, 0.4) is 0 Å². The average molecular weight is 453 g/mol. The SMILES string of the molecule is O=CN1CC[C@H](N2CCc3ccccc3C2)[C@H](O)C1c1cn2cc(C3CC3(F)F)cnc2n1. The number of rotatable bonds is 4. The van der Waals surface area contributed by atoms with Crippen molar-refractivity contribution in [2.45, 2.75) is 55.8 Å². The zero-order valence-electron chi connectivity index (χ0n) is 18.0. The number of aromatic nitrogens is 3. The summed E-state index contributed by atoms with van der Waals surface area (Å²) in [6.07, 6.45) is 6.13. The van der Waals surface area contributed by atoms with Gasteiger partial charge in [-0.3, -0.25) is 14.1 Å². The van der Waals surface area contributed by atoms with Gasteiger partial charge in [-0.15, -0.1) is 0 Å². The van der Waals surface area contributed by atoms with Gasteiger partial charge in [-0.1, -0.05) is 24.3 Å².